The fourth-order valence-corrected chi connectivity index (χ4v) is 2.12. The van der Waals surface area contributed by atoms with Gasteiger partial charge in [-0.25, -0.2) is 9.59 Å². The number of rotatable bonds is 7. The van der Waals surface area contributed by atoms with Crippen molar-refractivity contribution in [2.75, 3.05) is 6.54 Å². The minimum Gasteiger partial charge on any atom is -0.465 e. The largest absolute Gasteiger partial charge is 0.465 e. The lowest BCUT2D eigenvalue weighted by molar-refractivity contribution is -0.130. The molecule has 1 fully saturated rings. The second-order valence-corrected chi connectivity index (χ2v) is 4.99. The molecule has 3 atom stereocenters. The molecule has 1 saturated heterocycles. The maximum atomic E-state index is 11.0. The number of carbonyl (C=O) groups excluding carboxylic acids is 1. The van der Waals surface area contributed by atoms with E-state index in [2.05, 4.69) is 26.1 Å². The molecule has 126 valence electrons. The predicted molar refractivity (Wildman–Crippen MR) is 74.5 cm³/mol. The van der Waals surface area contributed by atoms with E-state index < -0.39 is 24.3 Å². The predicted octanol–water partition coefficient (Wildman–Crippen LogP) is -1.93. The maximum Gasteiger partial charge on any atom is 0.405 e. The second kappa shape index (κ2) is 6.91. The van der Waals surface area contributed by atoms with Gasteiger partial charge in [-0.1, -0.05) is 0 Å². The van der Waals surface area contributed by atoms with Gasteiger partial charge in [0.05, 0.1) is 24.8 Å². The highest BCUT2D eigenvalue weighted by atomic mass is 16.4. The third kappa shape index (κ3) is 4.29. The number of hydrogen-bond donors (Lipinski definition) is 6. The normalized spacial score (nSPS) is 21.0. The lowest BCUT2D eigenvalue weighted by atomic mass is 10.0. The highest BCUT2D eigenvalue weighted by Gasteiger charge is 2.36. The molecule has 2 heterocycles. The molecule has 1 aromatic heterocycles. The minimum atomic E-state index is -1.26. The van der Waals surface area contributed by atoms with Gasteiger partial charge in [0.2, 0.25) is 5.91 Å². The van der Waals surface area contributed by atoms with E-state index in [4.69, 9.17) is 15.9 Å². The van der Waals surface area contributed by atoms with Crippen molar-refractivity contribution in [3.8, 4) is 0 Å². The number of aromatic nitrogens is 3. The molecule has 12 nitrogen and oxygen atoms in total. The Morgan fingerprint density at radius 3 is 2.74 bits per heavy atom. The second-order valence-electron chi connectivity index (χ2n) is 4.99. The van der Waals surface area contributed by atoms with Gasteiger partial charge in [0.1, 0.15) is 11.7 Å². The van der Waals surface area contributed by atoms with Crippen LogP contribution < -0.4 is 21.7 Å². The fourth-order valence-electron chi connectivity index (χ4n) is 2.12. The summed E-state index contributed by atoms with van der Waals surface area (Å²) in [6, 6.07) is -1.60. The lowest BCUT2D eigenvalue weighted by Crippen LogP contribution is -2.68. The number of carbonyl (C=O) groups is 3. The van der Waals surface area contributed by atoms with Gasteiger partial charge >= 0.3 is 12.2 Å². The lowest BCUT2D eigenvalue weighted by Gasteiger charge is -2.33. The smallest absolute Gasteiger partial charge is 0.405 e. The Kier molecular flexibility index (Phi) is 4.95. The van der Waals surface area contributed by atoms with E-state index in [1.807, 2.05) is 0 Å². The number of nitrogens with two attached hydrogens (primary N) is 1. The first-order valence-corrected chi connectivity index (χ1v) is 6.79. The van der Waals surface area contributed by atoms with Gasteiger partial charge < -0.3 is 31.9 Å². The summed E-state index contributed by atoms with van der Waals surface area (Å²) in [7, 11) is 0. The summed E-state index contributed by atoms with van der Waals surface area (Å²) in [5.74, 6) is -0.243. The number of β-lactam (4-membered cyclic amide) rings is 1. The van der Waals surface area contributed by atoms with E-state index in [1.54, 1.807) is 0 Å². The van der Waals surface area contributed by atoms with Crippen molar-refractivity contribution in [1.82, 2.24) is 30.9 Å². The monoisotopic (exact) mass is 327 g/mol. The van der Waals surface area contributed by atoms with E-state index in [9.17, 15) is 14.4 Å². The molecule has 0 aliphatic carbocycles. The van der Waals surface area contributed by atoms with E-state index in [-0.39, 0.29) is 31.5 Å². The third-order valence-corrected chi connectivity index (χ3v) is 3.34. The average Bonchev–Trinajstić information content (AvgIpc) is 2.93. The summed E-state index contributed by atoms with van der Waals surface area (Å²) >= 11 is 0. The van der Waals surface area contributed by atoms with E-state index in [1.165, 1.54) is 11.0 Å². The van der Waals surface area contributed by atoms with Crippen molar-refractivity contribution in [3.63, 3.8) is 0 Å². The molecule has 0 spiro atoms. The minimum absolute atomic E-state index is 0.0523. The van der Waals surface area contributed by atoms with Crippen LogP contribution in [0, 0.1) is 0 Å². The summed E-state index contributed by atoms with van der Waals surface area (Å²) in [4.78, 5) is 33.6. The summed E-state index contributed by atoms with van der Waals surface area (Å²) in [6.07, 6.45) is -0.893. The topological polar surface area (TPSA) is 184 Å². The van der Waals surface area contributed by atoms with Crippen molar-refractivity contribution in [2.45, 2.75) is 31.1 Å². The van der Waals surface area contributed by atoms with Crippen molar-refractivity contribution in [3.05, 3.63) is 11.9 Å². The zero-order chi connectivity index (χ0) is 17.0. The summed E-state index contributed by atoms with van der Waals surface area (Å²) in [6.45, 7) is 0.316. The number of nitrogens with zero attached hydrogens (tertiary/aromatic N) is 3. The van der Waals surface area contributed by atoms with E-state index >= 15 is 0 Å². The number of carboxylic acid groups (broad SMARTS) is 2. The van der Waals surface area contributed by atoms with Crippen LogP contribution in [0.15, 0.2) is 6.20 Å². The molecular formula is C11H17N7O5. The van der Waals surface area contributed by atoms with Crippen LogP contribution >= 0.6 is 0 Å². The molecule has 1 aliphatic rings. The first kappa shape index (κ1) is 16.5. The van der Waals surface area contributed by atoms with Crippen LogP contribution in [-0.4, -0.2) is 61.9 Å². The number of amides is 3. The van der Waals surface area contributed by atoms with Crippen molar-refractivity contribution < 1.29 is 24.6 Å². The molecule has 12 heteroatoms. The molecule has 1 unspecified atom stereocenters. The average molecular weight is 327 g/mol. The number of nitrogens with one attached hydrogen (secondary N) is 3. The van der Waals surface area contributed by atoms with Gasteiger partial charge in [0, 0.05) is 6.54 Å². The third-order valence-electron chi connectivity index (χ3n) is 3.34. The van der Waals surface area contributed by atoms with E-state index in [0.29, 0.717) is 5.69 Å². The van der Waals surface area contributed by atoms with E-state index in [0.717, 1.165) is 0 Å². The number of hydrogen-bond acceptors (Lipinski definition) is 6. The summed E-state index contributed by atoms with van der Waals surface area (Å²) in [5.41, 5.74) is 5.95. The Hall–Kier alpha value is -2.89. The van der Waals surface area contributed by atoms with Crippen molar-refractivity contribution in [1.29, 1.82) is 0 Å². The molecule has 1 aromatic rings. The van der Waals surface area contributed by atoms with Crippen molar-refractivity contribution >= 4 is 18.1 Å². The Bertz CT molecular complexity index is 603. The van der Waals surface area contributed by atoms with Gasteiger partial charge in [0.15, 0.2) is 0 Å². The Labute approximate surface area is 130 Å². The summed E-state index contributed by atoms with van der Waals surface area (Å²) in [5, 5.41) is 32.5. The van der Waals surface area contributed by atoms with Crippen molar-refractivity contribution in [2.24, 2.45) is 5.73 Å². The molecule has 7 N–H and O–H groups in total. The molecule has 0 saturated carbocycles. The van der Waals surface area contributed by atoms with Crippen LogP contribution in [0.4, 0.5) is 9.59 Å². The van der Waals surface area contributed by atoms with Crippen LogP contribution in [0.25, 0.3) is 0 Å². The van der Waals surface area contributed by atoms with Crippen LogP contribution in [0.2, 0.25) is 0 Å². The molecule has 1 aliphatic heterocycles. The summed E-state index contributed by atoms with van der Waals surface area (Å²) < 4.78 is 0. The Morgan fingerprint density at radius 2 is 2.17 bits per heavy atom. The molecular weight excluding hydrogens is 310 g/mol. The molecule has 2 rings (SSSR count). The zero-order valence-corrected chi connectivity index (χ0v) is 12.0. The van der Waals surface area contributed by atoms with Crippen LogP contribution in [0.3, 0.4) is 0 Å². The van der Waals surface area contributed by atoms with Crippen LogP contribution in [0.1, 0.15) is 18.2 Å². The highest BCUT2D eigenvalue weighted by molar-refractivity contribution is 5.88. The van der Waals surface area contributed by atoms with Gasteiger partial charge in [-0.05, 0) is 6.42 Å². The molecule has 0 radical (unpaired) electrons. The molecule has 3 amide bonds. The van der Waals surface area contributed by atoms with Gasteiger partial charge in [-0.15, -0.1) is 0 Å². The highest BCUT2D eigenvalue weighted by Crippen LogP contribution is 2.14. The molecule has 23 heavy (non-hydrogen) atoms. The first-order chi connectivity index (χ1) is 10.9. The molecule has 0 aromatic carbocycles. The van der Waals surface area contributed by atoms with Crippen LogP contribution in [0.5, 0.6) is 0 Å². The Morgan fingerprint density at radius 1 is 1.43 bits per heavy atom. The molecule has 0 bridgehead atoms. The van der Waals surface area contributed by atoms with Gasteiger partial charge in [0.25, 0.3) is 0 Å². The first-order valence-electron chi connectivity index (χ1n) is 6.79. The maximum absolute atomic E-state index is 11.0. The standard InChI is InChI=1S/C11H17N7O5/c12-8-7(15-9(8)19)4-18-14-3-6(17-18)5(16-11(22)23)1-2-13-10(20)21/h3,5,7-8,13,16H,1-2,4,12H2,(H,15,19)(H,20,21)(H,22,23)/t5?,7-,8-/m0/s1. The fraction of sp³-hybridized carbons (Fsp3) is 0.545. The Balaban J connectivity index is 1.96. The van der Waals surface area contributed by atoms with Gasteiger partial charge in [-0.2, -0.15) is 15.0 Å². The SMILES string of the molecule is N[C@@H]1C(=O)N[C@H]1Cn1ncc(C(CCNC(=O)O)NC(=O)O)n1. The van der Waals surface area contributed by atoms with Gasteiger partial charge in [-0.3, -0.25) is 4.79 Å². The van der Waals surface area contributed by atoms with Crippen LogP contribution in [-0.2, 0) is 11.3 Å². The quantitative estimate of drug-likeness (QED) is 0.312. The zero-order valence-electron chi connectivity index (χ0n) is 12.0.